The van der Waals surface area contributed by atoms with E-state index in [9.17, 15) is 18.0 Å². The minimum absolute atomic E-state index is 0.0371. The zero-order valence-corrected chi connectivity index (χ0v) is 19.4. The first-order valence-electron chi connectivity index (χ1n) is 9.21. The van der Waals surface area contributed by atoms with Gasteiger partial charge in [-0.15, -0.1) is 0 Å². The summed E-state index contributed by atoms with van der Waals surface area (Å²) < 4.78 is 51.0. The molecule has 0 aromatic heterocycles. The van der Waals surface area contributed by atoms with E-state index in [4.69, 9.17) is 9.47 Å². The summed E-state index contributed by atoms with van der Waals surface area (Å²) in [4.78, 5) is 14.8. The summed E-state index contributed by atoms with van der Waals surface area (Å²) in [7, 11) is -1.95. The number of ether oxygens (including phenoxy) is 2. The zero-order valence-electron chi connectivity index (χ0n) is 16.8. The number of amidine groups is 1. The first-order chi connectivity index (χ1) is 13.4. The van der Waals surface area contributed by atoms with E-state index in [0.717, 1.165) is 6.07 Å². The van der Waals surface area contributed by atoms with Crippen LogP contribution in [0.15, 0.2) is 21.7 Å². The number of amides is 1. The molecule has 2 heterocycles. The van der Waals surface area contributed by atoms with Gasteiger partial charge in [0.25, 0.3) is 5.91 Å². The minimum Gasteiger partial charge on any atom is -0.483 e. The van der Waals surface area contributed by atoms with Gasteiger partial charge in [0.15, 0.2) is 5.84 Å². The molecular formula is C18H23BrF3N3O3Si. The Balaban J connectivity index is 2.06. The van der Waals surface area contributed by atoms with Crippen LogP contribution in [0.4, 0.5) is 18.9 Å². The van der Waals surface area contributed by atoms with Crippen LogP contribution >= 0.6 is 15.9 Å². The van der Waals surface area contributed by atoms with Crippen molar-refractivity contribution in [3.05, 3.63) is 22.2 Å². The summed E-state index contributed by atoms with van der Waals surface area (Å²) in [6, 6.07) is 1.61. The molecule has 0 N–H and O–H groups in total. The molecule has 1 aromatic rings. The molecular weight excluding hydrogens is 471 g/mol. The van der Waals surface area contributed by atoms with Gasteiger partial charge in [-0.2, -0.15) is 18.3 Å². The van der Waals surface area contributed by atoms with Crippen molar-refractivity contribution in [1.29, 1.82) is 0 Å². The summed E-state index contributed by atoms with van der Waals surface area (Å²) in [6.45, 7) is 10.2. The Labute approximate surface area is 176 Å². The Morgan fingerprint density at radius 3 is 2.59 bits per heavy atom. The number of fused-ring (bicyclic) bond motifs is 3. The van der Waals surface area contributed by atoms with Crippen LogP contribution in [0.5, 0.6) is 5.75 Å². The largest absolute Gasteiger partial charge is 0.483 e. The third-order valence-electron chi connectivity index (χ3n) is 4.73. The second-order valence-electron chi connectivity index (χ2n) is 8.00. The van der Waals surface area contributed by atoms with Gasteiger partial charge in [0.1, 0.15) is 32.3 Å². The van der Waals surface area contributed by atoms with Crippen LogP contribution in [-0.2, 0) is 15.7 Å². The average Bonchev–Trinajstić information content (AvgIpc) is 2.60. The molecule has 2 unspecified atom stereocenters. The number of anilines is 1. The van der Waals surface area contributed by atoms with Crippen molar-refractivity contribution >= 4 is 41.4 Å². The number of alkyl halides is 3. The standard InChI is InChI=1S/C18H23BrF3N3O3Si/c1-6-27-17(29(3,4)5)25-16(26)10(2)24-13-8-12(19)11(18(20,21)22)7-14(13)28-9-15(24)23-25/h7-8,10,17H,6,9H2,1-5H3. The van der Waals surface area contributed by atoms with Gasteiger partial charge in [-0.1, -0.05) is 35.6 Å². The predicted molar refractivity (Wildman–Crippen MR) is 110 cm³/mol. The third-order valence-corrected chi connectivity index (χ3v) is 7.28. The normalized spacial score (nSPS) is 20.7. The fourth-order valence-electron chi connectivity index (χ4n) is 3.41. The highest BCUT2D eigenvalue weighted by atomic mass is 79.9. The van der Waals surface area contributed by atoms with Gasteiger partial charge >= 0.3 is 6.18 Å². The molecule has 3 rings (SSSR count). The number of hydrogen-bond donors (Lipinski definition) is 0. The van der Waals surface area contributed by atoms with Crippen LogP contribution in [0, 0.1) is 0 Å². The van der Waals surface area contributed by atoms with Crippen LogP contribution in [0.3, 0.4) is 0 Å². The van der Waals surface area contributed by atoms with Gasteiger partial charge in [-0.25, -0.2) is 5.01 Å². The molecule has 0 saturated carbocycles. The molecule has 0 radical (unpaired) electrons. The van der Waals surface area contributed by atoms with Crippen molar-refractivity contribution in [2.75, 3.05) is 18.1 Å². The summed E-state index contributed by atoms with van der Waals surface area (Å²) in [5, 5.41) is 5.88. The first-order valence-corrected chi connectivity index (χ1v) is 13.6. The van der Waals surface area contributed by atoms with E-state index in [1.165, 1.54) is 11.1 Å². The van der Waals surface area contributed by atoms with Crippen LogP contribution in [0.2, 0.25) is 19.6 Å². The summed E-state index contributed by atoms with van der Waals surface area (Å²) in [5.41, 5.74) is -0.458. The molecule has 1 amide bonds. The lowest BCUT2D eigenvalue weighted by Crippen LogP contribution is -2.63. The number of halogens is 4. The van der Waals surface area contributed by atoms with E-state index in [-0.39, 0.29) is 22.7 Å². The Kier molecular flexibility index (Phi) is 5.78. The van der Waals surface area contributed by atoms with E-state index in [0.29, 0.717) is 18.1 Å². The molecule has 2 aliphatic heterocycles. The lowest BCUT2D eigenvalue weighted by atomic mass is 10.1. The van der Waals surface area contributed by atoms with Gasteiger partial charge in [-0.3, -0.25) is 4.79 Å². The third kappa shape index (κ3) is 4.04. The van der Waals surface area contributed by atoms with Crippen molar-refractivity contribution in [3.63, 3.8) is 0 Å². The molecule has 0 aliphatic carbocycles. The van der Waals surface area contributed by atoms with Gasteiger partial charge in [0.2, 0.25) is 0 Å². The lowest BCUT2D eigenvalue weighted by molar-refractivity contribution is -0.142. The van der Waals surface area contributed by atoms with Gasteiger partial charge in [0.05, 0.1) is 11.3 Å². The molecule has 29 heavy (non-hydrogen) atoms. The number of hydrazone groups is 1. The maximum atomic E-state index is 13.2. The molecule has 1 aromatic carbocycles. The predicted octanol–water partition coefficient (Wildman–Crippen LogP) is 4.45. The van der Waals surface area contributed by atoms with E-state index in [2.05, 4.69) is 40.7 Å². The van der Waals surface area contributed by atoms with Crippen molar-refractivity contribution in [2.24, 2.45) is 5.10 Å². The Morgan fingerprint density at radius 1 is 1.38 bits per heavy atom. The van der Waals surface area contributed by atoms with Crippen molar-refractivity contribution in [3.8, 4) is 5.75 Å². The molecule has 160 valence electrons. The highest BCUT2D eigenvalue weighted by Gasteiger charge is 2.45. The quantitative estimate of drug-likeness (QED) is 0.581. The highest BCUT2D eigenvalue weighted by molar-refractivity contribution is 9.10. The Hall–Kier alpha value is -1.59. The molecule has 6 nitrogen and oxygen atoms in total. The van der Waals surface area contributed by atoms with Crippen LogP contribution in [0.25, 0.3) is 0 Å². The molecule has 0 spiro atoms. The van der Waals surface area contributed by atoms with Gasteiger partial charge in [0, 0.05) is 11.1 Å². The number of benzene rings is 1. The maximum Gasteiger partial charge on any atom is 0.417 e. The molecule has 2 atom stereocenters. The monoisotopic (exact) mass is 493 g/mol. The molecule has 0 fully saturated rings. The lowest BCUT2D eigenvalue weighted by Gasteiger charge is -2.45. The first kappa shape index (κ1) is 22.1. The Morgan fingerprint density at radius 2 is 2.03 bits per heavy atom. The van der Waals surface area contributed by atoms with Crippen LogP contribution in [0.1, 0.15) is 19.4 Å². The highest BCUT2D eigenvalue weighted by Crippen LogP contribution is 2.44. The van der Waals surface area contributed by atoms with E-state index < -0.39 is 31.7 Å². The van der Waals surface area contributed by atoms with Gasteiger partial charge in [-0.05, 0) is 26.0 Å². The number of nitrogens with zero attached hydrogens (tertiary/aromatic N) is 3. The second kappa shape index (κ2) is 7.58. The number of carbonyl (C=O) groups excluding carboxylic acids is 1. The zero-order chi connectivity index (χ0) is 21.7. The smallest absolute Gasteiger partial charge is 0.417 e. The average molecular weight is 494 g/mol. The molecule has 2 aliphatic rings. The van der Waals surface area contributed by atoms with E-state index in [1.54, 1.807) is 11.8 Å². The number of rotatable bonds is 4. The molecule has 0 saturated heterocycles. The van der Waals surface area contributed by atoms with Crippen LogP contribution in [-0.4, -0.2) is 49.9 Å². The topological polar surface area (TPSA) is 54.4 Å². The van der Waals surface area contributed by atoms with E-state index in [1.807, 2.05) is 6.92 Å². The fourth-order valence-corrected chi connectivity index (χ4v) is 5.55. The fraction of sp³-hybridized carbons (Fsp3) is 0.556. The van der Waals surface area contributed by atoms with Crippen molar-refractivity contribution in [1.82, 2.24) is 5.01 Å². The van der Waals surface area contributed by atoms with Crippen molar-refractivity contribution in [2.45, 2.75) is 51.6 Å². The number of carbonyl (C=O) groups is 1. The van der Waals surface area contributed by atoms with E-state index >= 15 is 0 Å². The second-order valence-corrected chi connectivity index (χ2v) is 14.1. The van der Waals surface area contributed by atoms with Gasteiger partial charge < -0.3 is 14.4 Å². The maximum absolute atomic E-state index is 13.2. The minimum atomic E-state index is -4.52. The molecule has 0 bridgehead atoms. The van der Waals surface area contributed by atoms with Crippen molar-refractivity contribution < 1.29 is 27.4 Å². The molecule has 11 heteroatoms. The summed E-state index contributed by atoms with van der Waals surface area (Å²) in [6.07, 6.45) is -4.52. The SMILES string of the molecule is CCOC(N1N=C2COc3cc(C(F)(F)F)c(Br)cc3N2C(C)C1=O)[Si](C)(C)C. The Bertz CT molecular complexity index is 857. The summed E-state index contributed by atoms with van der Waals surface area (Å²) >= 11 is 2.99. The number of hydrogen-bond acceptors (Lipinski definition) is 5. The van der Waals surface area contributed by atoms with Crippen LogP contribution < -0.4 is 9.64 Å². The summed E-state index contributed by atoms with van der Waals surface area (Å²) in [5.74, 6) is -0.185.